The van der Waals surface area contributed by atoms with Crippen molar-refractivity contribution in [2.45, 2.75) is 25.2 Å². The topological polar surface area (TPSA) is 93.7 Å². The van der Waals surface area contributed by atoms with E-state index in [0.717, 1.165) is 6.42 Å². The average Bonchev–Trinajstić information content (AvgIpc) is 3.09. The summed E-state index contributed by atoms with van der Waals surface area (Å²) in [6.45, 7) is 4.87. The fraction of sp³-hybridized carbons (Fsp3) is 0.316. The second-order valence-electron chi connectivity index (χ2n) is 6.64. The number of fused-ring (bicyclic) bond motifs is 1. The van der Waals surface area contributed by atoms with Crippen molar-refractivity contribution in [3.05, 3.63) is 48.0 Å². The van der Waals surface area contributed by atoms with Crippen LogP contribution in [0.3, 0.4) is 0 Å². The van der Waals surface area contributed by atoms with Crippen LogP contribution in [0.15, 0.2) is 47.4 Å². The Hall–Kier alpha value is -2.74. The number of rotatable bonds is 7. The van der Waals surface area contributed by atoms with Gasteiger partial charge in [0.25, 0.3) is 15.9 Å². The van der Waals surface area contributed by atoms with Gasteiger partial charge in [-0.15, -0.1) is 0 Å². The molecule has 0 unspecified atom stereocenters. The third kappa shape index (κ3) is 4.71. The number of carbonyl (C=O) groups excluding carboxylic acids is 1. The molecule has 2 aromatic rings. The Labute approximate surface area is 158 Å². The zero-order valence-corrected chi connectivity index (χ0v) is 16.0. The lowest BCUT2D eigenvalue weighted by molar-refractivity contribution is 0.0952. The Morgan fingerprint density at radius 2 is 1.78 bits per heavy atom. The van der Waals surface area contributed by atoms with E-state index in [-0.39, 0.29) is 17.6 Å². The molecule has 0 spiro atoms. The van der Waals surface area contributed by atoms with Crippen LogP contribution in [-0.4, -0.2) is 27.7 Å². The largest absolute Gasteiger partial charge is 0.454 e. The van der Waals surface area contributed by atoms with Gasteiger partial charge in [-0.1, -0.05) is 13.8 Å². The van der Waals surface area contributed by atoms with E-state index in [9.17, 15) is 13.2 Å². The van der Waals surface area contributed by atoms with Crippen molar-refractivity contribution in [3.63, 3.8) is 0 Å². The SMILES string of the molecule is CC(C)CCNC(=O)c1ccc(S(=O)(=O)Nc2ccc3c(c2)OCO3)cc1. The molecule has 27 heavy (non-hydrogen) atoms. The molecule has 3 rings (SSSR count). The van der Waals surface area contributed by atoms with Crippen LogP contribution in [0.1, 0.15) is 30.6 Å². The molecule has 1 aliphatic heterocycles. The van der Waals surface area contributed by atoms with Gasteiger partial charge in [0.2, 0.25) is 6.79 Å². The summed E-state index contributed by atoms with van der Waals surface area (Å²) in [7, 11) is -3.78. The van der Waals surface area contributed by atoms with Crippen LogP contribution in [0.4, 0.5) is 5.69 Å². The van der Waals surface area contributed by atoms with Gasteiger partial charge in [-0.05, 0) is 48.7 Å². The highest BCUT2D eigenvalue weighted by molar-refractivity contribution is 7.92. The molecule has 0 atom stereocenters. The number of amides is 1. The number of sulfonamides is 1. The summed E-state index contributed by atoms with van der Waals surface area (Å²) >= 11 is 0. The van der Waals surface area contributed by atoms with E-state index in [1.54, 1.807) is 18.2 Å². The molecule has 0 radical (unpaired) electrons. The molecule has 1 amide bonds. The Kier molecular flexibility index (Phi) is 5.55. The van der Waals surface area contributed by atoms with Gasteiger partial charge in [0.05, 0.1) is 10.6 Å². The van der Waals surface area contributed by atoms with Crippen molar-refractivity contribution < 1.29 is 22.7 Å². The van der Waals surface area contributed by atoms with E-state index >= 15 is 0 Å². The molecule has 0 saturated heterocycles. The summed E-state index contributed by atoms with van der Waals surface area (Å²) < 4.78 is 38.0. The van der Waals surface area contributed by atoms with Gasteiger partial charge in [0, 0.05) is 18.2 Å². The molecule has 1 aliphatic rings. The number of anilines is 1. The molecule has 0 aliphatic carbocycles. The third-order valence-electron chi connectivity index (χ3n) is 4.06. The van der Waals surface area contributed by atoms with E-state index in [4.69, 9.17) is 9.47 Å². The second-order valence-corrected chi connectivity index (χ2v) is 8.32. The van der Waals surface area contributed by atoms with Crippen molar-refractivity contribution in [2.24, 2.45) is 5.92 Å². The van der Waals surface area contributed by atoms with Crippen molar-refractivity contribution in [3.8, 4) is 11.5 Å². The van der Waals surface area contributed by atoms with Gasteiger partial charge >= 0.3 is 0 Å². The first kappa shape index (κ1) is 19.0. The van der Waals surface area contributed by atoms with Crippen LogP contribution in [0, 0.1) is 5.92 Å². The minimum atomic E-state index is -3.78. The summed E-state index contributed by atoms with van der Waals surface area (Å²) in [5.41, 5.74) is 0.788. The fourth-order valence-corrected chi connectivity index (χ4v) is 3.59. The maximum absolute atomic E-state index is 12.5. The summed E-state index contributed by atoms with van der Waals surface area (Å²) in [4.78, 5) is 12.2. The first-order valence-electron chi connectivity index (χ1n) is 8.66. The van der Waals surface area contributed by atoms with Crippen LogP contribution in [-0.2, 0) is 10.0 Å². The Bertz CT molecular complexity index is 924. The molecule has 1 heterocycles. The lowest BCUT2D eigenvalue weighted by Gasteiger charge is -2.10. The highest BCUT2D eigenvalue weighted by Crippen LogP contribution is 2.34. The molecule has 0 fully saturated rings. The van der Waals surface area contributed by atoms with Gasteiger partial charge in [-0.2, -0.15) is 0 Å². The standard InChI is InChI=1S/C19H22N2O5S/c1-13(2)9-10-20-19(22)14-3-6-16(7-4-14)27(23,24)21-15-5-8-17-18(11-15)26-12-25-17/h3-8,11,13,21H,9-10,12H2,1-2H3,(H,20,22). The molecular formula is C19H22N2O5S. The quantitative estimate of drug-likeness (QED) is 0.758. The molecular weight excluding hydrogens is 368 g/mol. The van der Waals surface area contributed by atoms with E-state index in [1.807, 2.05) is 0 Å². The summed E-state index contributed by atoms with van der Waals surface area (Å²) in [5.74, 6) is 1.35. The fourth-order valence-electron chi connectivity index (χ4n) is 2.54. The average molecular weight is 390 g/mol. The summed E-state index contributed by atoms with van der Waals surface area (Å²) in [5, 5.41) is 2.82. The Balaban J connectivity index is 1.67. The van der Waals surface area contributed by atoms with Crippen molar-refractivity contribution in [2.75, 3.05) is 18.1 Å². The molecule has 7 nitrogen and oxygen atoms in total. The van der Waals surface area contributed by atoms with Gasteiger partial charge in [0.15, 0.2) is 11.5 Å². The van der Waals surface area contributed by atoms with Gasteiger partial charge in [-0.25, -0.2) is 8.42 Å². The normalized spacial score (nSPS) is 12.9. The van der Waals surface area contributed by atoms with Gasteiger partial charge in [0.1, 0.15) is 0 Å². The number of hydrogen-bond donors (Lipinski definition) is 2. The molecule has 144 valence electrons. The number of carbonyl (C=O) groups is 1. The summed E-state index contributed by atoms with van der Waals surface area (Å²) in [6.07, 6.45) is 0.887. The number of benzene rings is 2. The van der Waals surface area contributed by atoms with E-state index in [0.29, 0.717) is 35.2 Å². The van der Waals surface area contributed by atoms with Crippen molar-refractivity contribution in [1.82, 2.24) is 5.32 Å². The number of ether oxygens (including phenoxy) is 2. The van der Waals surface area contributed by atoms with Crippen molar-refractivity contribution >= 4 is 21.6 Å². The lowest BCUT2D eigenvalue weighted by Crippen LogP contribution is -2.25. The van der Waals surface area contributed by atoms with E-state index in [1.165, 1.54) is 24.3 Å². The number of hydrogen-bond acceptors (Lipinski definition) is 5. The first-order valence-corrected chi connectivity index (χ1v) is 10.1. The highest BCUT2D eigenvalue weighted by atomic mass is 32.2. The Morgan fingerprint density at radius 1 is 1.07 bits per heavy atom. The zero-order valence-electron chi connectivity index (χ0n) is 15.2. The summed E-state index contributed by atoms with van der Waals surface area (Å²) in [6, 6.07) is 10.6. The minimum Gasteiger partial charge on any atom is -0.454 e. The third-order valence-corrected chi connectivity index (χ3v) is 5.46. The molecule has 2 aromatic carbocycles. The van der Waals surface area contributed by atoms with Gasteiger partial charge in [-0.3, -0.25) is 9.52 Å². The van der Waals surface area contributed by atoms with Crippen LogP contribution in [0.5, 0.6) is 11.5 Å². The van der Waals surface area contributed by atoms with E-state index in [2.05, 4.69) is 23.9 Å². The molecule has 0 bridgehead atoms. The monoisotopic (exact) mass is 390 g/mol. The molecule has 8 heteroatoms. The predicted molar refractivity (Wildman–Crippen MR) is 102 cm³/mol. The predicted octanol–water partition coefficient (Wildman–Crippen LogP) is 2.99. The van der Waals surface area contributed by atoms with Crippen LogP contribution in [0.25, 0.3) is 0 Å². The maximum atomic E-state index is 12.5. The van der Waals surface area contributed by atoms with E-state index < -0.39 is 10.0 Å². The number of nitrogens with one attached hydrogen (secondary N) is 2. The van der Waals surface area contributed by atoms with Crippen LogP contribution >= 0.6 is 0 Å². The lowest BCUT2D eigenvalue weighted by atomic mass is 10.1. The molecule has 0 saturated carbocycles. The van der Waals surface area contributed by atoms with Crippen LogP contribution in [0.2, 0.25) is 0 Å². The maximum Gasteiger partial charge on any atom is 0.261 e. The first-order chi connectivity index (χ1) is 12.8. The molecule has 0 aromatic heterocycles. The smallest absolute Gasteiger partial charge is 0.261 e. The highest BCUT2D eigenvalue weighted by Gasteiger charge is 2.18. The second kappa shape index (κ2) is 7.87. The Morgan fingerprint density at radius 3 is 2.48 bits per heavy atom. The van der Waals surface area contributed by atoms with Crippen LogP contribution < -0.4 is 19.5 Å². The minimum absolute atomic E-state index is 0.0684. The van der Waals surface area contributed by atoms with Gasteiger partial charge < -0.3 is 14.8 Å². The van der Waals surface area contributed by atoms with Crippen molar-refractivity contribution in [1.29, 1.82) is 0 Å². The molecule has 2 N–H and O–H groups in total. The zero-order chi connectivity index (χ0) is 19.4.